The third-order valence-corrected chi connectivity index (χ3v) is 3.98. The van der Waals surface area contributed by atoms with Gasteiger partial charge >= 0.3 is 0 Å². The van der Waals surface area contributed by atoms with Crippen LogP contribution in [0.2, 0.25) is 0 Å². The molecule has 5 nitrogen and oxygen atoms in total. The Morgan fingerprint density at radius 1 is 1.32 bits per heavy atom. The highest BCUT2D eigenvalue weighted by Gasteiger charge is 2.08. The average Bonchev–Trinajstić information content (AvgIpc) is 2.99. The molecule has 1 amide bonds. The van der Waals surface area contributed by atoms with Crippen LogP contribution < -0.4 is 5.32 Å². The molecule has 22 heavy (non-hydrogen) atoms. The van der Waals surface area contributed by atoms with Crippen LogP contribution in [0.5, 0.6) is 0 Å². The maximum absolute atomic E-state index is 11.6. The summed E-state index contributed by atoms with van der Waals surface area (Å²) in [5, 5.41) is 5.73. The third kappa shape index (κ3) is 4.91. The topological polar surface area (TPSA) is 60.5 Å². The number of methoxy groups -OCH3 is 1. The van der Waals surface area contributed by atoms with Crippen molar-refractivity contribution in [3.8, 4) is 10.6 Å². The lowest BCUT2D eigenvalue weighted by Crippen LogP contribution is -2.27. The summed E-state index contributed by atoms with van der Waals surface area (Å²) in [5.41, 5.74) is 3.18. The Bertz CT molecular complexity index is 613. The van der Waals surface area contributed by atoms with Crippen LogP contribution in [0.3, 0.4) is 0 Å². The molecule has 0 unspecified atom stereocenters. The van der Waals surface area contributed by atoms with Crippen molar-refractivity contribution in [2.75, 3.05) is 26.9 Å². The van der Waals surface area contributed by atoms with E-state index in [0.29, 0.717) is 19.8 Å². The van der Waals surface area contributed by atoms with Gasteiger partial charge in [-0.25, -0.2) is 4.98 Å². The predicted molar refractivity (Wildman–Crippen MR) is 86.8 cm³/mol. The number of rotatable bonds is 8. The smallest absolute Gasteiger partial charge is 0.246 e. The van der Waals surface area contributed by atoms with Gasteiger partial charge < -0.3 is 14.8 Å². The molecule has 0 aliphatic rings. The molecule has 0 aliphatic heterocycles. The van der Waals surface area contributed by atoms with E-state index in [9.17, 15) is 4.79 Å². The molecule has 1 N–H and O–H groups in total. The molecule has 0 spiro atoms. The van der Waals surface area contributed by atoms with E-state index in [-0.39, 0.29) is 12.5 Å². The first-order valence-electron chi connectivity index (χ1n) is 7.04. The Kier molecular flexibility index (Phi) is 6.51. The molecule has 1 heterocycles. The second kappa shape index (κ2) is 8.63. The molecule has 1 aromatic heterocycles. The van der Waals surface area contributed by atoms with Gasteiger partial charge in [0.1, 0.15) is 11.6 Å². The van der Waals surface area contributed by atoms with Crippen LogP contribution in [0, 0.1) is 6.92 Å². The number of aryl methyl sites for hydroxylation is 1. The van der Waals surface area contributed by atoms with Crippen molar-refractivity contribution in [2.24, 2.45) is 0 Å². The lowest BCUT2D eigenvalue weighted by molar-refractivity contribution is -0.126. The zero-order valence-corrected chi connectivity index (χ0v) is 13.6. The van der Waals surface area contributed by atoms with Crippen LogP contribution in [0.25, 0.3) is 10.6 Å². The van der Waals surface area contributed by atoms with Gasteiger partial charge in [-0.2, -0.15) is 0 Å². The van der Waals surface area contributed by atoms with Crippen molar-refractivity contribution < 1.29 is 14.3 Å². The summed E-state index contributed by atoms with van der Waals surface area (Å²) in [4.78, 5) is 16.2. The summed E-state index contributed by atoms with van der Waals surface area (Å²) in [6.07, 6.45) is 0. The molecular formula is C16H20N2O3S. The van der Waals surface area contributed by atoms with E-state index in [0.717, 1.165) is 16.3 Å². The molecule has 0 saturated heterocycles. The number of hydrogen-bond donors (Lipinski definition) is 1. The molecule has 0 atom stereocenters. The van der Waals surface area contributed by atoms with Gasteiger partial charge in [0.25, 0.3) is 0 Å². The minimum atomic E-state index is -0.151. The summed E-state index contributed by atoms with van der Waals surface area (Å²) >= 11 is 1.58. The molecule has 6 heteroatoms. The number of aromatic nitrogens is 1. The van der Waals surface area contributed by atoms with Crippen LogP contribution in [0.15, 0.2) is 29.6 Å². The highest BCUT2D eigenvalue weighted by Crippen LogP contribution is 2.26. The van der Waals surface area contributed by atoms with Crippen molar-refractivity contribution in [2.45, 2.75) is 13.5 Å². The number of hydrogen-bond acceptors (Lipinski definition) is 5. The summed E-state index contributed by atoms with van der Waals surface area (Å²) < 4.78 is 10.0. The van der Waals surface area contributed by atoms with Gasteiger partial charge in [0, 0.05) is 18.1 Å². The summed E-state index contributed by atoms with van der Waals surface area (Å²) in [5.74, 6) is -0.151. The summed E-state index contributed by atoms with van der Waals surface area (Å²) in [7, 11) is 1.59. The van der Waals surface area contributed by atoms with Crippen molar-refractivity contribution >= 4 is 17.2 Å². The van der Waals surface area contributed by atoms with Gasteiger partial charge in [0.15, 0.2) is 0 Å². The molecule has 0 bridgehead atoms. The number of benzene rings is 1. The molecular weight excluding hydrogens is 300 g/mol. The molecule has 0 saturated carbocycles. The predicted octanol–water partition coefficient (Wildman–Crippen LogP) is 2.40. The highest BCUT2D eigenvalue weighted by atomic mass is 32.1. The number of carbonyl (C=O) groups excluding carboxylic acids is 1. The van der Waals surface area contributed by atoms with Gasteiger partial charge in [-0.15, -0.1) is 11.3 Å². The Balaban J connectivity index is 1.83. The Hall–Kier alpha value is -1.76. The number of thiazole rings is 1. The average molecular weight is 320 g/mol. The van der Waals surface area contributed by atoms with Crippen molar-refractivity contribution in [3.63, 3.8) is 0 Å². The first kappa shape index (κ1) is 16.6. The van der Waals surface area contributed by atoms with Crippen LogP contribution in [0.1, 0.15) is 11.3 Å². The minimum Gasteiger partial charge on any atom is -0.382 e. The summed E-state index contributed by atoms with van der Waals surface area (Å²) in [6, 6.07) is 8.13. The third-order valence-electron chi connectivity index (χ3n) is 3.06. The Labute approximate surface area is 134 Å². The molecule has 1 aromatic carbocycles. The van der Waals surface area contributed by atoms with Gasteiger partial charge in [-0.1, -0.05) is 24.3 Å². The zero-order chi connectivity index (χ0) is 15.8. The first-order chi connectivity index (χ1) is 10.7. The number of amides is 1. The van der Waals surface area contributed by atoms with Gasteiger partial charge in [-0.3, -0.25) is 4.79 Å². The lowest BCUT2D eigenvalue weighted by Gasteiger charge is -2.04. The minimum absolute atomic E-state index is 0.0398. The van der Waals surface area contributed by atoms with Crippen molar-refractivity contribution in [1.29, 1.82) is 0 Å². The fraction of sp³-hybridized carbons (Fsp3) is 0.375. The van der Waals surface area contributed by atoms with Gasteiger partial charge in [0.05, 0.1) is 25.5 Å². The number of carbonyl (C=O) groups is 1. The standard InChI is InChI=1S/C16H20N2O3S/c1-12-5-3-4-6-14(12)16-18-13(11-22-16)9-17-15(19)10-21-8-7-20-2/h3-6,11H,7-10H2,1-2H3,(H,17,19). The van der Waals surface area contributed by atoms with Crippen molar-refractivity contribution in [1.82, 2.24) is 10.3 Å². The van der Waals surface area contributed by atoms with E-state index >= 15 is 0 Å². The lowest BCUT2D eigenvalue weighted by atomic mass is 10.1. The second-order valence-corrected chi connectivity index (χ2v) is 5.64. The highest BCUT2D eigenvalue weighted by molar-refractivity contribution is 7.13. The van der Waals surface area contributed by atoms with E-state index in [1.54, 1.807) is 18.4 Å². The number of nitrogens with one attached hydrogen (secondary N) is 1. The van der Waals surface area contributed by atoms with Gasteiger partial charge in [0.2, 0.25) is 5.91 Å². The first-order valence-corrected chi connectivity index (χ1v) is 7.92. The fourth-order valence-corrected chi connectivity index (χ4v) is 2.78. The molecule has 0 aliphatic carbocycles. The van der Waals surface area contributed by atoms with Crippen LogP contribution >= 0.6 is 11.3 Å². The zero-order valence-electron chi connectivity index (χ0n) is 12.8. The largest absolute Gasteiger partial charge is 0.382 e. The monoisotopic (exact) mass is 320 g/mol. The van der Waals surface area contributed by atoms with Crippen molar-refractivity contribution in [3.05, 3.63) is 40.9 Å². The molecule has 2 aromatic rings. The SMILES string of the molecule is COCCOCC(=O)NCc1csc(-c2ccccc2C)n1. The molecule has 0 radical (unpaired) electrons. The summed E-state index contributed by atoms with van der Waals surface area (Å²) in [6.45, 7) is 3.42. The van der Waals surface area contributed by atoms with E-state index in [1.807, 2.05) is 17.5 Å². The molecule has 2 rings (SSSR count). The maximum atomic E-state index is 11.6. The van der Waals surface area contributed by atoms with E-state index < -0.39 is 0 Å². The quantitative estimate of drug-likeness (QED) is 0.759. The number of nitrogens with zero attached hydrogens (tertiary/aromatic N) is 1. The maximum Gasteiger partial charge on any atom is 0.246 e. The Morgan fingerprint density at radius 2 is 2.14 bits per heavy atom. The fourth-order valence-electron chi connectivity index (χ4n) is 1.87. The molecule has 0 fully saturated rings. The second-order valence-electron chi connectivity index (χ2n) is 4.78. The van der Waals surface area contributed by atoms with E-state index in [4.69, 9.17) is 9.47 Å². The normalized spacial score (nSPS) is 10.6. The number of ether oxygens (including phenoxy) is 2. The van der Waals surface area contributed by atoms with E-state index in [2.05, 4.69) is 29.4 Å². The van der Waals surface area contributed by atoms with Crippen LogP contribution in [0.4, 0.5) is 0 Å². The molecule has 118 valence electrons. The van der Waals surface area contributed by atoms with Gasteiger partial charge in [-0.05, 0) is 12.5 Å². The van der Waals surface area contributed by atoms with E-state index in [1.165, 1.54) is 5.56 Å². The van der Waals surface area contributed by atoms with Crippen LogP contribution in [-0.4, -0.2) is 37.8 Å². The Morgan fingerprint density at radius 3 is 2.91 bits per heavy atom. The van der Waals surface area contributed by atoms with Crippen LogP contribution in [-0.2, 0) is 20.8 Å².